The Morgan fingerprint density at radius 2 is 1.95 bits per heavy atom. The molecule has 0 spiro atoms. The number of aromatic hydroxyl groups is 1. The molecule has 0 atom stereocenters. The van der Waals surface area contributed by atoms with Crippen molar-refractivity contribution in [2.45, 2.75) is 31.6 Å². The molecular weight excluding hydrogens is 272 g/mol. The third kappa shape index (κ3) is 1.79. The van der Waals surface area contributed by atoms with E-state index in [9.17, 15) is 5.11 Å². The molecule has 0 radical (unpaired) electrons. The Morgan fingerprint density at radius 3 is 2.75 bits per heavy atom. The first-order valence-electron chi connectivity index (χ1n) is 6.83. The first-order valence-corrected chi connectivity index (χ1v) is 7.65. The van der Waals surface area contributed by atoms with Crippen LogP contribution in [-0.2, 0) is 0 Å². The summed E-state index contributed by atoms with van der Waals surface area (Å²) in [5.41, 5.74) is 0.750. The van der Waals surface area contributed by atoms with Gasteiger partial charge in [0, 0.05) is 5.92 Å². The van der Waals surface area contributed by atoms with Crippen LogP contribution >= 0.6 is 11.3 Å². The first kappa shape index (κ1) is 11.8. The molecule has 5 nitrogen and oxygen atoms in total. The van der Waals surface area contributed by atoms with Crippen LogP contribution in [0.4, 0.5) is 0 Å². The van der Waals surface area contributed by atoms with Crippen molar-refractivity contribution < 1.29 is 5.11 Å². The number of para-hydroxylation sites is 1. The SMILES string of the molecule is Oc1ccccc1-c1nn2c(C3CCCC3)nnc2s1. The minimum atomic E-state index is 0.250. The van der Waals surface area contributed by atoms with Gasteiger partial charge in [-0.1, -0.05) is 36.3 Å². The molecule has 0 aliphatic heterocycles. The highest BCUT2D eigenvalue weighted by Gasteiger charge is 2.24. The summed E-state index contributed by atoms with van der Waals surface area (Å²) in [5.74, 6) is 1.69. The van der Waals surface area contributed by atoms with E-state index in [1.165, 1.54) is 37.0 Å². The molecule has 1 aromatic carbocycles. The van der Waals surface area contributed by atoms with Crippen LogP contribution in [0, 0.1) is 0 Å². The number of phenolic OH excluding ortho intramolecular Hbond substituents is 1. The van der Waals surface area contributed by atoms with Crippen LogP contribution in [0.15, 0.2) is 24.3 Å². The van der Waals surface area contributed by atoms with Crippen molar-refractivity contribution in [1.82, 2.24) is 19.8 Å². The molecule has 20 heavy (non-hydrogen) atoms. The fourth-order valence-corrected chi connectivity index (χ4v) is 3.71. The quantitative estimate of drug-likeness (QED) is 0.785. The molecule has 6 heteroatoms. The molecule has 1 aliphatic carbocycles. The molecule has 102 valence electrons. The average molecular weight is 286 g/mol. The monoisotopic (exact) mass is 286 g/mol. The van der Waals surface area contributed by atoms with E-state index in [2.05, 4.69) is 15.3 Å². The van der Waals surface area contributed by atoms with Crippen LogP contribution in [0.3, 0.4) is 0 Å². The van der Waals surface area contributed by atoms with Crippen molar-refractivity contribution in [2.24, 2.45) is 0 Å². The summed E-state index contributed by atoms with van der Waals surface area (Å²) < 4.78 is 1.85. The van der Waals surface area contributed by atoms with Crippen molar-refractivity contribution >= 4 is 16.3 Å². The predicted octanol–water partition coefficient (Wildman–Crippen LogP) is 3.22. The minimum Gasteiger partial charge on any atom is -0.507 e. The molecule has 0 saturated heterocycles. The van der Waals surface area contributed by atoms with E-state index < -0.39 is 0 Å². The number of rotatable bonds is 2. The summed E-state index contributed by atoms with van der Waals surface area (Å²) in [6, 6.07) is 7.25. The van der Waals surface area contributed by atoms with Crippen molar-refractivity contribution in [1.29, 1.82) is 0 Å². The van der Waals surface area contributed by atoms with Gasteiger partial charge in [0.05, 0.1) is 5.56 Å². The summed E-state index contributed by atoms with van der Waals surface area (Å²) >= 11 is 1.46. The lowest BCUT2D eigenvalue weighted by Gasteiger charge is -2.03. The number of fused-ring (bicyclic) bond motifs is 1. The van der Waals surface area contributed by atoms with Crippen LogP contribution in [0.1, 0.15) is 37.4 Å². The van der Waals surface area contributed by atoms with Crippen molar-refractivity contribution in [3.8, 4) is 16.3 Å². The van der Waals surface area contributed by atoms with Gasteiger partial charge in [-0.15, -0.1) is 10.2 Å². The Morgan fingerprint density at radius 1 is 1.15 bits per heavy atom. The van der Waals surface area contributed by atoms with Gasteiger partial charge in [0.15, 0.2) is 10.8 Å². The van der Waals surface area contributed by atoms with Crippen molar-refractivity contribution in [3.05, 3.63) is 30.1 Å². The zero-order valence-electron chi connectivity index (χ0n) is 10.9. The van der Waals surface area contributed by atoms with E-state index >= 15 is 0 Å². The summed E-state index contributed by atoms with van der Waals surface area (Å²) in [6.45, 7) is 0. The third-order valence-corrected chi connectivity index (χ3v) is 4.80. The standard InChI is InChI=1S/C14H14N4OS/c19-11-8-4-3-7-10(11)13-17-18-12(9-5-1-2-6-9)15-16-14(18)20-13/h3-4,7-9,19H,1-2,5-6H2. The Hall–Kier alpha value is -1.95. The zero-order valence-corrected chi connectivity index (χ0v) is 11.7. The number of nitrogens with zero attached hydrogens (tertiary/aromatic N) is 4. The van der Waals surface area contributed by atoms with Crippen LogP contribution < -0.4 is 0 Å². The molecule has 0 amide bonds. The van der Waals surface area contributed by atoms with Crippen LogP contribution in [0.2, 0.25) is 0 Å². The second kappa shape index (κ2) is 4.56. The third-order valence-electron chi connectivity index (χ3n) is 3.87. The molecule has 3 aromatic rings. The van der Waals surface area contributed by atoms with Gasteiger partial charge < -0.3 is 5.11 Å². The summed E-state index contributed by atoms with van der Waals surface area (Å²) in [7, 11) is 0. The Kier molecular flexibility index (Phi) is 2.70. The van der Waals surface area contributed by atoms with Crippen molar-refractivity contribution in [2.75, 3.05) is 0 Å². The minimum absolute atomic E-state index is 0.250. The highest BCUT2D eigenvalue weighted by atomic mass is 32.1. The van der Waals surface area contributed by atoms with E-state index in [4.69, 9.17) is 0 Å². The van der Waals surface area contributed by atoms with E-state index in [-0.39, 0.29) is 5.75 Å². The summed E-state index contributed by atoms with van der Waals surface area (Å²) in [4.78, 5) is 0.796. The predicted molar refractivity (Wildman–Crippen MR) is 77.0 cm³/mol. The lowest BCUT2D eigenvalue weighted by atomic mass is 10.1. The lowest BCUT2D eigenvalue weighted by Crippen LogP contribution is -2.01. The molecule has 0 bridgehead atoms. The normalized spacial score (nSPS) is 16.2. The second-order valence-corrected chi connectivity index (χ2v) is 6.11. The number of hydrogen-bond acceptors (Lipinski definition) is 5. The van der Waals surface area contributed by atoms with E-state index in [0.29, 0.717) is 5.92 Å². The van der Waals surface area contributed by atoms with Gasteiger partial charge in [0.25, 0.3) is 0 Å². The van der Waals surface area contributed by atoms with Gasteiger partial charge in [-0.05, 0) is 25.0 Å². The van der Waals surface area contributed by atoms with Crippen molar-refractivity contribution in [3.63, 3.8) is 0 Å². The number of hydrogen-bond donors (Lipinski definition) is 1. The maximum atomic E-state index is 9.93. The van der Waals surface area contributed by atoms with Gasteiger partial charge in [-0.3, -0.25) is 0 Å². The number of benzene rings is 1. The van der Waals surface area contributed by atoms with E-state index in [1.54, 1.807) is 6.07 Å². The van der Waals surface area contributed by atoms with E-state index in [1.807, 2.05) is 22.7 Å². The van der Waals surface area contributed by atoms with Crippen LogP contribution in [-0.4, -0.2) is 24.9 Å². The maximum absolute atomic E-state index is 9.93. The Bertz CT molecular complexity index is 757. The highest BCUT2D eigenvalue weighted by Crippen LogP contribution is 2.36. The molecule has 1 fully saturated rings. The topological polar surface area (TPSA) is 63.3 Å². The van der Waals surface area contributed by atoms with Gasteiger partial charge in [0.1, 0.15) is 5.75 Å². The van der Waals surface area contributed by atoms with Gasteiger partial charge in [-0.25, -0.2) is 0 Å². The van der Waals surface area contributed by atoms with Gasteiger partial charge >= 0.3 is 0 Å². The highest BCUT2D eigenvalue weighted by molar-refractivity contribution is 7.19. The van der Waals surface area contributed by atoms with Gasteiger partial charge in [0.2, 0.25) is 4.96 Å². The fraction of sp³-hybridized carbons (Fsp3) is 0.357. The molecule has 1 saturated carbocycles. The molecule has 0 unspecified atom stereocenters. The smallest absolute Gasteiger partial charge is 0.234 e. The number of phenols is 1. The van der Waals surface area contributed by atoms with Crippen LogP contribution in [0.5, 0.6) is 5.75 Å². The van der Waals surface area contributed by atoms with Crippen LogP contribution in [0.25, 0.3) is 15.5 Å². The Balaban J connectivity index is 1.81. The summed E-state index contributed by atoms with van der Waals surface area (Å²) in [6.07, 6.45) is 4.86. The molecule has 2 aromatic heterocycles. The molecule has 1 aliphatic rings. The second-order valence-electron chi connectivity index (χ2n) is 5.16. The largest absolute Gasteiger partial charge is 0.507 e. The first-order chi connectivity index (χ1) is 9.83. The molecule has 4 rings (SSSR count). The molecule has 1 N–H and O–H groups in total. The summed E-state index contributed by atoms with van der Waals surface area (Å²) in [5, 5.41) is 23.8. The van der Waals surface area contributed by atoms with E-state index in [0.717, 1.165) is 21.4 Å². The Labute approximate surface area is 119 Å². The lowest BCUT2D eigenvalue weighted by molar-refractivity contribution is 0.477. The maximum Gasteiger partial charge on any atom is 0.234 e. The fourth-order valence-electron chi connectivity index (χ4n) is 2.83. The molecule has 2 heterocycles. The average Bonchev–Trinajstić information content (AvgIpc) is 3.14. The number of aromatic nitrogens is 4. The molecular formula is C14H14N4OS. The zero-order chi connectivity index (χ0) is 13.5. The van der Waals surface area contributed by atoms with Gasteiger partial charge in [-0.2, -0.15) is 9.61 Å².